The monoisotopic (exact) mass is 332 g/mol. The van der Waals surface area contributed by atoms with E-state index in [1.807, 2.05) is 0 Å². The van der Waals surface area contributed by atoms with Crippen molar-refractivity contribution in [2.24, 2.45) is 0 Å². The Morgan fingerprint density at radius 3 is 2.35 bits per heavy atom. The molecule has 0 heterocycles. The molecule has 17 heavy (non-hydrogen) atoms. The van der Waals surface area contributed by atoms with E-state index in [2.05, 4.69) is 15.9 Å². The maximum absolute atomic E-state index is 12.7. The van der Waals surface area contributed by atoms with Gasteiger partial charge in [-0.25, -0.2) is 0 Å². The van der Waals surface area contributed by atoms with Gasteiger partial charge in [-0.2, -0.15) is 13.2 Å². The molecule has 96 valence electrons. The third kappa shape index (κ3) is 3.58. The van der Waals surface area contributed by atoms with Crippen molar-refractivity contribution in [1.82, 2.24) is 0 Å². The Morgan fingerprint density at radius 2 is 1.88 bits per heavy atom. The van der Waals surface area contributed by atoms with Gasteiger partial charge in [0.05, 0.1) is 17.5 Å². The number of benzene rings is 1. The largest absolute Gasteiger partial charge is 0.416 e. The van der Waals surface area contributed by atoms with E-state index in [1.54, 1.807) is 0 Å². The molecule has 0 aliphatic rings. The fourth-order valence-electron chi connectivity index (χ4n) is 1.32. The summed E-state index contributed by atoms with van der Waals surface area (Å²) >= 11 is 8.22. The van der Waals surface area contributed by atoms with Gasteiger partial charge in [0.15, 0.2) is 0 Å². The lowest BCUT2D eigenvalue weighted by Crippen LogP contribution is -2.23. The van der Waals surface area contributed by atoms with Gasteiger partial charge in [-0.3, -0.25) is 0 Å². The van der Waals surface area contributed by atoms with E-state index in [0.29, 0.717) is 0 Å². The van der Waals surface area contributed by atoms with Crippen LogP contribution in [-0.4, -0.2) is 22.2 Å². The highest BCUT2D eigenvalue weighted by Gasteiger charge is 2.36. The lowest BCUT2D eigenvalue weighted by atomic mass is 9.99. The van der Waals surface area contributed by atoms with E-state index in [9.17, 15) is 23.4 Å². The minimum absolute atomic E-state index is 0.237. The van der Waals surface area contributed by atoms with Crippen molar-refractivity contribution in [3.63, 3.8) is 0 Å². The molecule has 2 unspecified atom stereocenters. The van der Waals surface area contributed by atoms with Gasteiger partial charge in [-0.1, -0.05) is 22.0 Å². The molecular formula is C10H9BrClF3O2. The number of alkyl halides is 4. The minimum Gasteiger partial charge on any atom is -0.389 e. The van der Waals surface area contributed by atoms with Crippen molar-refractivity contribution in [2.75, 3.05) is 5.88 Å². The second kappa shape index (κ2) is 5.56. The maximum Gasteiger partial charge on any atom is 0.416 e. The van der Waals surface area contributed by atoms with Crippen LogP contribution in [0.5, 0.6) is 0 Å². The van der Waals surface area contributed by atoms with Gasteiger partial charge in [0.1, 0.15) is 6.10 Å². The Kier molecular flexibility index (Phi) is 4.83. The molecule has 7 heteroatoms. The van der Waals surface area contributed by atoms with E-state index in [1.165, 1.54) is 6.07 Å². The van der Waals surface area contributed by atoms with Crippen LogP contribution in [-0.2, 0) is 6.18 Å². The number of halogens is 5. The van der Waals surface area contributed by atoms with Crippen molar-refractivity contribution in [1.29, 1.82) is 0 Å². The van der Waals surface area contributed by atoms with Gasteiger partial charge in [-0.15, -0.1) is 11.6 Å². The maximum atomic E-state index is 12.7. The predicted molar refractivity (Wildman–Crippen MR) is 60.8 cm³/mol. The number of aliphatic hydroxyl groups excluding tert-OH is 2. The molecule has 0 spiro atoms. The van der Waals surface area contributed by atoms with Gasteiger partial charge in [-0.05, 0) is 17.7 Å². The molecule has 0 aliphatic heterocycles. The quantitative estimate of drug-likeness (QED) is 0.835. The fourth-order valence-corrected chi connectivity index (χ4v) is 1.85. The van der Waals surface area contributed by atoms with Crippen LogP contribution in [0.1, 0.15) is 17.2 Å². The summed E-state index contributed by atoms with van der Waals surface area (Å²) in [6, 6.07) is 3.31. The summed E-state index contributed by atoms with van der Waals surface area (Å²) in [5.41, 5.74) is -1.39. The summed E-state index contributed by atoms with van der Waals surface area (Å²) in [5, 5.41) is 18.9. The first-order valence-electron chi connectivity index (χ1n) is 4.56. The smallest absolute Gasteiger partial charge is 0.389 e. The lowest BCUT2D eigenvalue weighted by Gasteiger charge is -2.20. The second-order valence-electron chi connectivity index (χ2n) is 3.40. The van der Waals surface area contributed by atoms with Crippen molar-refractivity contribution < 1.29 is 23.4 Å². The van der Waals surface area contributed by atoms with Crippen molar-refractivity contribution in [3.05, 3.63) is 33.8 Å². The van der Waals surface area contributed by atoms with E-state index in [0.717, 1.165) is 12.1 Å². The average Bonchev–Trinajstić information content (AvgIpc) is 2.25. The summed E-state index contributed by atoms with van der Waals surface area (Å²) < 4.78 is 38.4. The normalized spacial score (nSPS) is 15.7. The molecule has 0 bridgehead atoms. The molecule has 1 rings (SSSR count). The molecule has 0 saturated carbocycles. The number of hydrogen-bond donors (Lipinski definition) is 2. The van der Waals surface area contributed by atoms with Crippen molar-refractivity contribution in [2.45, 2.75) is 18.4 Å². The highest BCUT2D eigenvalue weighted by Crippen LogP contribution is 2.37. The van der Waals surface area contributed by atoms with E-state index < -0.39 is 29.5 Å². The van der Waals surface area contributed by atoms with Gasteiger partial charge < -0.3 is 10.2 Å². The van der Waals surface area contributed by atoms with Gasteiger partial charge in [0.25, 0.3) is 0 Å². The van der Waals surface area contributed by atoms with Gasteiger partial charge in [0, 0.05) is 4.47 Å². The molecule has 2 atom stereocenters. The first-order valence-corrected chi connectivity index (χ1v) is 5.89. The molecular weight excluding hydrogens is 324 g/mol. The van der Waals surface area contributed by atoms with Crippen LogP contribution in [0, 0.1) is 0 Å². The zero-order valence-corrected chi connectivity index (χ0v) is 10.7. The van der Waals surface area contributed by atoms with Crippen LogP contribution in [0.4, 0.5) is 13.2 Å². The summed E-state index contributed by atoms with van der Waals surface area (Å²) in [6.45, 7) is 0. The molecule has 0 radical (unpaired) electrons. The van der Waals surface area contributed by atoms with Crippen LogP contribution >= 0.6 is 27.5 Å². The first kappa shape index (κ1) is 14.8. The highest BCUT2D eigenvalue weighted by atomic mass is 79.9. The van der Waals surface area contributed by atoms with Crippen LogP contribution in [0.3, 0.4) is 0 Å². The third-order valence-corrected chi connectivity index (χ3v) is 2.97. The Balaban J connectivity index is 3.24. The Morgan fingerprint density at radius 1 is 1.29 bits per heavy atom. The molecule has 0 aromatic heterocycles. The summed E-state index contributed by atoms with van der Waals surface area (Å²) in [7, 11) is 0. The number of hydrogen-bond acceptors (Lipinski definition) is 2. The summed E-state index contributed by atoms with van der Waals surface area (Å²) in [5.74, 6) is -0.353. The minimum atomic E-state index is -4.61. The van der Waals surface area contributed by atoms with Gasteiger partial charge >= 0.3 is 6.18 Å². The molecule has 2 nitrogen and oxygen atoms in total. The third-order valence-electron chi connectivity index (χ3n) is 2.16. The summed E-state index contributed by atoms with van der Waals surface area (Å²) in [6.07, 6.45) is -7.72. The van der Waals surface area contributed by atoms with Crippen LogP contribution in [0.25, 0.3) is 0 Å². The van der Waals surface area contributed by atoms with Gasteiger partial charge in [0.2, 0.25) is 0 Å². The van der Waals surface area contributed by atoms with E-state index >= 15 is 0 Å². The van der Waals surface area contributed by atoms with Crippen molar-refractivity contribution >= 4 is 27.5 Å². The Labute approximate surface area is 109 Å². The fraction of sp³-hybridized carbons (Fsp3) is 0.400. The van der Waals surface area contributed by atoms with Crippen LogP contribution in [0.15, 0.2) is 22.7 Å². The standard InChI is InChI=1S/C10H9BrClF3O2/c11-5-1-2-6(9(17)8(16)4-12)7(3-5)10(13,14)15/h1-3,8-9,16-17H,4H2. The summed E-state index contributed by atoms with van der Waals surface area (Å²) in [4.78, 5) is 0. The van der Waals surface area contributed by atoms with Crippen LogP contribution < -0.4 is 0 Å². The molecule has 0 fully saturated rings. The number of aliphatic hydroxyl groups is 2. The lowest BCUT2D eigenvalue weighted by molar-refractivity contribution is -0.139. The predicted octanol–water partition coefficient (Wildman–Crippen LogP) is 3.10. The molecule has 1 aromatic rings. The van der Waals surface area contributed by atoms with E-state index in [-0.39, 0.29) is 10.4 Å². The highest BCUT2D eigenvalue weighted by molar-refractivity contribution is 9.10. The number of rotatable bonds is 3. The molecule has 1 aromatic carbocycles. The SMILES string of the molecule is OC(CCl)C(O)c1ccc(Br)cc1C(F)(F)F. The second-order valence-corrected chi connectivity index (χ2v) is 4.62. The molecule has 0 amide bonds. The first-order chi connectivity index (χ1) is 7.77. The Bertz CT molecular complexity index is 398. The van der Waals surface area contributed by atoms with Crippen LogP contribution in [0.2, 0.25) is 0 Å². The van der Waals surface area contributed by atoms with E-state index in [4.69, 9.17) is 11.6 Å². The average molecular weight is 334 g/mol. The molecule has 2 N–H and O–H groups in total. The zero-order valence-electron chi connectivity index (χ0n) is 8.38. The molecule has 0 saturated heterocycles. The van der Waals surface area contributed by atoms with Crippen molar-refractivity contribution in [3.8, 4) is 0 Å². The molecule has 0 aliphatic carbocycles. The Hall–Kier alpha value is -0.300. The topological polar surface area (TPSA) is 40.5 Å². The zero-order chi connectivity index (χ0) is 13.2.